The van der Waals surface area contributed by atoms with Gasteiger partial charge in [0.2, 0.25) is 10.0 Å². The fourth-order valence-corrected chi connectivity index (χ4v) is 5.21. The Morgan fingerprint density at radius 3 is 2.71 bits per heavy atom. The van der Waals surface area contributed by atoms with Gasteiger partial charge in [0, 0.05) is 19.6 Å². The fraction of sp³-hybridized carbons (Fsp3) is 0.400. The lowest BCUT2D eigenvalue weighted by molar-refractivity contribution is 0.271. The molecule has 0 radical (unpaired) electrons. The molecule has 0 saturated carbocycles. The molecule has 1 fully saturated rings. The highest BCUT2D eigenvalue weighted by Crippen LogP contribution is 2.30. The van der Waals surface area contributed by atoms with Crippen molar-refractivity contribution < 1.29 is 12.9 Å². The molecular weight excluding hydrogens is 376 g/mol. The molecule has 0 amide bonds. The molecule has 148 valence electrons. The number of hydrogen-bond donors (Lipinski definition) is 1. The highest BCUT2D eigenvalue weighted by Gasteiger charge is 2.35. The van der Waals surface area contributed by atoms with Crippen molar-refractivity contribution in [2.45, 2.75) is 37.6 Å². The van der Waals surface area contributed by atoms with Gasteiger partial charge in [0.05, 0.1) is 23.3 Å². The van der Waals surface area contributed by atoms with E-state index < -0.39 is 10.0 Å². The van der Waals surface area contributed by atoms with Crippen molar-refractivity contribution in [1.82, 2.24) is 19.8 Å². The van der Waals surface area contributed by atoms with E-state index in [1.807, 2.05) is 19.1 Å². The van der Waals surface area contributed by atoms with E-state index in [0.29, 0.717) is 42.8 Å². The molecule has 1 aromatic carbocycles. The smallest absolute Gasteiger partial charge is 0.258 e. The molecular formula is C20H24N4O3S. The van der Waals surface area contributed by atoms with Gasteiger partial charge in [-0.25, -0.2) is 13.4 Å². The third kappa shape index (κ3) is 3.32. The minimum atomic E-state index is -3.71. The summed E-state index contributed by atoms with van der Waals surface area (Å²) >= 11 is 0. The first-order valence-electron chi connectivity index (χ1n) is 9.60. The molecule has 1 aliphatic rings. The number of piperazine rings is 1. The van der Waals surface area contributed by atoms with Crippen molar-refractivity contribution in [3.05, 3.63) is 53.3 Å². The lowest BCUT2D eigenvalue weighted by Crippen LogP contribution is -2.48. The predicted molar refractivity (Wildman–Crippen MR) is 107 cm³/mol. The molecule has 2 aromatic heterocycles. The Bertz CT molecular complexity index is 1080. The van der Waals surface area contributed by atoms with E-state index in [0.717, 1.165) is 12.0 Å². The van der Waals surface area contributed by atoms with Crippen molar-refractivity contribution in [3.63, 3.8) is 0 Å². The Morgan fingerprint density at radius 1 is 1.21 bits per heavy atom. The van der Waals surface area contributed by atoms with Crippen LogP contribution in [0.25, 0.3) is 11.1 Å². The van der Waals surface area contributed by atoms with Crippen LogP contribution >= 0.6 is 0 Å². The van der Waals surface area contributed by atoms with Gasteiger partial charge in [-0.15, -0.1) is 0 Å². The third-order valence-corrected chi connectivity index (χ3v) is 7.16. The molecule has 1 N–H and O–H groups in total. The molecule has 0 aliphatic carbocycles. The van der Waals surface area contributed by atoms with Crippen LogP contribution in [0.3, 0.4) is 0 Å². The highest BCUT2D eigenvalue weighted by molar-refractivity contribution is 7.89. The first-order chi connectivity index (χ1) is 13.5. The zero-order valence-electron chi connectivity index (χ0n) is 16.1. The minimum Gasteiger partial charge on any atom is -0.336 e. The molecule has 28 heavy (non-hydrogen) atoms. The van der Waals surface area contributed by atoms with Crippen LogP contribution in [0.4, 0.5) is 0 Å². The standard InChI is InChI=1S/C20H24N4O3S/c1-3-14-5-7-15(8-6-14)19-13-21-9-10-24(19)28(25,26)16-11-17-18(4-2)23-27-20(17)22-12-16/h5-8,11-12,19,21H,3-4,9-10,13H2,1-2H3/t19-/m1/s1. The zero-order valence-corrected chi connectivity index (χ0v) is 16.9. The first-order valence-corrected chi connectivity index (χ1v) is 11.0. The summed E-state index contributed by atoms with van der Waals surface area (Å²) in [5.74, 6) is 0. The van der Waals surface area contributed by atoms with E-state index in [4.69, 9.17) is 4.52 Å². The van der Waals surface area contributed by atoms with Crippen molar-refractivity contribution in [2.24, 2.45) is 0 Å². The molecule has 1 saturated heterocycles. The average molecular weight is 401 g/mol. The monoisotopic (exact) mass is 400 g/mol. The second-order valence-electron chi connectivity index (χ2n) is 6.94. The quantitative estimate of drug-likeness (QED) is 0.708. The van der Waals surface area contributed by atoms with E-state index in [2.05, 4.69) is 34.5 Å². The summed E-state index contributed by atoms with van der Waals surface area (Å²) in [6.07, 6.45) is 2.97. The second kappa shape index (κ2) is 7.62. The van der Waals surface area contributed by atoms with Crippen LogP contribution in [0, 0.1) is 0 Å². The lowest BCUT2D eigenvalue weighted by Gasteiger charge is -2.35. The second-order valence-corrected chi connectivity index (χ2v) is 8.83. The van der Waals surface area contributed by atoms with Gasteiger partial charge < -0.3 is 9.84 Å². The number of benzene rings is 1. The summed E-state index contributed by atoms with van der Waals surface area (Å²) in [4.78, 5) is 4.36. The summed E-state index contributed by atoms with van der Waals surface area (Å²) in [5.41, 5.74) is 3.30. The molecule has 3 aromatic rings. The fourth-order valence-electron chi connectivity index (χ4n) is 3.62. The van der Waals surface area contributed by atoms with Gasteiger partial charge >= 0.3 is 0 Å². The maximum atomic E-state index is 13.5. The first kappa shape index (κ1) is 19.0. The Balaban J connectivity index is 1.73. The van der Waals surface area contributed by atoms with E-state index >= 15 is 0 Å². The van der Waals surface area contributed by atoms with Gasteiger partial charge in [0.1, 0.15) is 4.90 Å². The summed E-state index contributed by atoms with van der Waals surface area (Å²) in [6.45, 7) is 5.65. The summed E-state index contributed by atoms with van der Waals surface area (Å²) in [6, 6.07) is 9.55. The number of pyridine rings is 1. The highest BCUT2D eigenvalue weighted by atomic mass is 32.2. The Morgan fingerprint density at radius 2 is 2.00 bits per heavy atom. The van der Waals surface area contributed by atoms with Crippen LogP contribution in [0.1, 0.15) is 36.7 Å². The van der Waals surface area contributed by atoms with Crippen LogP contribution in [0.2, 0.25) is 0 Å². The van der Waals surface area contributed by atoms with Gasteiger partial charge in [0.25, 0.3) is 5.71 Å². The number of fused-ring (bicyclic) bond motifs is 1. The van der Waals surface area contributed by atoms with Gasteiger partial charge in [-0.2, -0.15) is 4.31 Å². The van der Waals surface area contributed by atoms with Crippen LogP contribution < -0.4 is 5.32 Å². The Labute approximate surface area is 164 Å². The van der Waals surface area contributed by atoms with Crippen LogP contribution in [0.15, 0.2) is 45.9 Å². The summed E-state index contributed by atoms with van der Waals surface area (Å²) in [5, 5.41) is 7.94. The molecule has 7 nitrogen and oxygen atoms in total. The molecule has 1 atom stereocenters. The van der Waals surface area contributed by atoms with Crippen molar-refractivity contribution in [2.75, 3.05) is 19.6 Å². The maximum absolute atomic E-state index is 13.5. The normalized spacial score (nSPS) is 18.6. The largest absolute Gasteiger partial charge is 0.336 e. The number of aromatic nitrogens is 2. The third-order valence-electron chi connectivity index (χ3n) is 5.29. The van der Waals surface area contributed by atoms with Crippen molar-refractivity contribution in [3.8, 4) is 0 Å². The minimum absolute atomic E-state index is 0.176. The van der Waals surface area contributed by atoms with Gasteiger partial charge in [-0.05, 0) is 30.0 Å². The summed E-state index contributed by atoms with van der Waals surface area (Å²) in [7, 11) is -3.71. The van der Waals surface area contributed by atoms with E-state index in [9.17, 15) is 8.42 Å². The van der Waals surface area contributed by atoms with Gasteiger partial charge in [0.15, 0.2) is 0 Å². The number of hydrogen-bond acceptors (Lipinski definition) is 6. The maximum Gasteiger partial charge on any atom is 0.258 e. The molecule has 0 spiro atoms. The molecule has 0 unspecified atom stereocenters. The molecule has 0 bridgehead atoms. The number of sulfonamides is 1. The number of rotatable bonds is 5. The van der Waals surface area contributed by atoms with Gasteiger partial charge in [-0.3, -0.25) is 0 Å². The van der Waals surface area contributed by atoms with Crippen molar-refractivity contribution >= 4 is 21.1 Å². The van der Waals surface area contributed by atoms with Crippen LogP contribution in [-0.4, -0.2) is 42.5 Å². The molecule has 8 heteroatoms. The SMILES string of the molecule is CCc1ccc([C@H]2CNCCN2S(=O)(=O)c2cnc3onc(CC)c3c2)cc1. The summed E-state index contributed by atoms with van der Waals surface area (Å²) < 4.78 is 33.7. The van der Waals surface area contributed by atoms with E-state index in [-0.39, 0.29) is 10.9 Å². The van der Waals surface area contributed by atoms with Crippen LogP contribution in [-0.2, 0) is 22.9 Å². The molecule has 4 rings (SSSR count). The van der Waals surface area contributed by atoms with Crippen molar-refractivity contribution in [1.29, 1.82) is 0 Å². The van der Waals surface area contributed by atoms with E-state index in [1.165, 1.54) is 11.8 Å². The number of nitrogens with one attached hydrogen (secondary N) is 1. The van der Waals surface area contributed by atoms with Gasteiger partial charge in [-0.1, -0.05) is 43.3 Å². The average Bonchev–Trinajstić information content (AvgIpc) is 3.16. The molecule has 1 aliphatic heterocycles. The van der Waals surface area contributed by atoms with Crippen LogP contribution in [0.5, 0.6) is 0 Å². The zero-order chi connectivity index (χ0) is 19.7. The predicted octanol–water partition coefficient (Wildman–Crippen LogP) is 2.68. The van der Waals surface area contributed by atoms with E-state index in [1.54, 1.807) is 10.4 Å². The molecule has 3 heterocycles. The number of nitrogens with zero attached hydrogens (tertiary/aromatic N) is 3. The Kier molecular flexibility index (Phi) is 5.18. The topological polar surface area (TPSA) is 88.3 Å². The number of aryl methyl sites for hydroxylation is 2. The lowest BCUT2D eigenvalue weighted by atomic mass is 10.0. The Hall–Kier alpha value is -2.29.